The smallest absolute Gasteiger partial charge is 0.183 e. The van der Waals surface area contributed by atoms with E-state index in [-0.39, 0.29) is 11.6 Å². The molecule has 0 radical (unpaired) electrons. The summed E-state index contributed by atoms with van der Waals surface area (Å²) in [7, 11) is -1.19. The fourth-order valence-electron chi connectivity index (χ4n) is 3.95. The van der Waals surface area contributed by atoms with Gasteiger partial charge in [0.25, 0.3) is 0 Å². The number of pyridine rings is 1. The van der Waals surface area contributed by atoms with Crippen LogP contribution in [0.25, 0.3) is 17.1 Å². The summed E-state index contributed by atoms with van der Waals surface area (Å²) < 4.78 is 56.4. The molecule has 2 atom stereocenters. The summed E-state index contributed by atoms with van der Waals surface area (Å²) in [6.45, 7) is 4.31. The van der Waals surface area contributed by atoms with E-state index in [0.717, 1.165) is 12.5 Å². The summed E-state index contributed by atoms with van der Waals surface area (Å²) in [5.74, 6) is 0.297. The molecule has 0 fully saturated rings. The SMILES string of the molecule is COc1cccc(OC)c1-n1c(CS(=O)(=O)[C@H](C)[C@@](C)(F)c2ncc(Br)cn2)nnc1-c1cncc(C)c1. The Morgan fingerprint density at radius 1 is 1.08 bits per heavy atom. The highest BCUT2D eigenvalue weighted by molar-refractivity contribution is 9.10. The first-order valence-corrected chi connectivity index (χ1v) is 14.0. The van der Waals surface area contributed by atoms with Crippen LogP contribution < -0.4 is 9.47 Å². The van der Waals surface area contributed by atoms with Gasteiger partial charge in [-0.25, -0.2) is 22.8 Å². The monoisotopic (exact) mass is 604 g/mol. The van der Waals surface area contributed by atoms with Gasteiger partial charge in [-0.3, -0.25) is 9.55 Å². The van der Waals surface area contributed by atoms with Crippen LogP contribution in [0.4, 0.5) is 4.39 Å². The number of sulfone groups is 1. The lowest BCUT2D eigenvalue weighted by Crippen LogP contribution is -2.39. The maximum absolute atomic E-state index is 15.9. The standard InChI is InChI=1S/C25H26BrFN6O4S/c1-15-9-17(11-28-10-15)23-32-31-21(33(23)22-19(36-4)7-6-8-20(22)37-5)14-38(34,35)16(2)25(3,27)24-29-12-18(26)13-30-24/h6-13,16H,14H2,1-5H3/t16-,25-/m1/s1. The Kier molecular flexibility index (Phi) is 7.79. The maximum Gasteiger partial charge on any atom is 0.183 e. The molecule has 0 amide bonds. The fraction of sp³-hybridized carbons (Fsp3) is 0.320. The van der Waals surface area contributed by atoms with E-state index >= 15 is 4.39 Å². The first kappa shape index (κ1) is 27.6. The molecule has 0 aliphatic carbocycles. The lowest BCUT2D eigenvalue weighted by molar-refractivity contribution is 0.174. The predicted octanol–water partition coefficient (Wildman–Crippen LogP) is 4.40. The second-order valence-electron chi connectivity index (χ2n) is 8.79. The maximum atomic E-state index is 15.9. The molecule has 10 nitrogen and oxygen atoms in total. The first-order valence-electron chi connectivity index (χ1n) is 11.5. The minimum atomic E-state index is -4.16. The van der Waals surface area contributed by atoms with Crippen molar-refractivity contribution in [1.82, 2.24) is 29.7 Å². The van der Waals surface area contributed by atoms with Crippen molar-refractivity contribution in [2.45, 2.75) is 37.4 Å². The van der Waals surface area contributed by atoms with Gasteiger partial charge in [-0.1, -0.05) is 6.07 Å². The Hall–Kier alpha value is -3.45. The molecule has 0 saturated heterocycles. The molecule has 0 aliphatic heterocycles. The average molecular weight is 605 g/mol. The van der Waals surface area contributed by atoms with Crippen LogP contribution in [0.15, 0.2) is 53.5 Å². The predicted molar refractivity (Wildman–Crippen MR) is 143 cm³/mol. The van der Waals surface area contributed by atoms with Crippen LogP contribution in [0.3, 0.4) is 0 Å². The van der Waals surface area contributed by atoms with Crippen LogP contribution in [0.1, 0.15) is 31.1 Å². The highest BCUT2D eigenvalue weighted by Crippen LogP contribution is 2.38. The van der Waals surface area contributed by atoms with Crippen LogP contribution in [0.2, 0.25) is 0 Å². The molecule has 13 heteroatoms. The van der Waals surface area contributed by atoms with Gasteiger partial charge in [0, 0.05) is 30.4 Å². The van der Waals surface area contributed by atoms with Gasteiger partial charge < -0.3 is 9.47 Å². The van der Waals surface area contributed by atoms with Crippen LogP contribution in [0, 0.1) is 6.92 Å². The zero-order chi connectivity index (χ0) is 27.7. The van der Waals surface area contributed by atoms with E-state index in [0.29, 0.717) is 33.0 Å². The van der Waals surface area contributed by atoms with Crippen molar-refractivity contribution in [2.75, 3.05) is 14.2 Å². The third-order valence-corrected chi connectivity index (χ3v) is 8.77. The van der Waals surface area contributed by atoms with Crippen molar-refractivity contribution >= 4 is 25.8 Å². The lowest BCUT2D eigenvalue weighted by Gasteiger charge is -2.26. The average Bonchev–Trinajstić information content (AvgIpc) is 3.30. The second-order valence-corrected chi connectivity index (χ2v) is 12.0. The quantitative estimate of drug-likeness (QED) is 0.273. The van der Waals surface area contributed by atoms with Crippen molar-refractivity contribution in [3.8, 4) is 28.6 Å². The van der Waals surface area contributed by atoms with Crippen molar-refractivity contribution in [2.24, 2.45) is 0 Å². The zero-order valence-electron chi connectivity index (χ0n) is 21.4. The van der Waals surface area contributed by atoms with E-state index in [1.807, 2.05) is 13.0 Å². The van der Waals surface area contributed by atoms with Crippen molar-refractivity contribution in [3.63, 3.8) is 0 Å². The third-order valence-electron chi connectivity index (χ3n) is 6.18. The number of alkyl halides is 1. The number of aryl methyl sites for hydroxylation is 1. The number of ether oxygens (including phenoxy) is 2. The summed E-state index contributed by atoms with van der Waals surface area (Å²) in [6.07, 6.45) is 6.02. The van der Waals surface area contributed by atoms with Gasteiger partial charge in [0.05, 0.1) is 18.7 Å². The van der Waals surface area contributed by atoms with E-state index in [9.17, 15) is 8.42 Å². The summed E-state index contributed by atoms with van der Waals surface area (Å²) in [4.78, 5) is 12.2. The van der Waals surface area contributed by atoms with Gasteiger partial charge >= 0.3 is 0 Å². The van der Waals surface area contributed by atoms with Gasteiger partial charge in [-0.05, 0) is 60.5 Å². The number of nitrogens with zero attached hydrogens (tertiary/aromatic N) is 6. The Morgan fingerprint density at radius 2 is 1.71 bits per heavy atom. The Morgan fingerprint density at radius 3 is 2.29 bits per heavy atom. The number of rotatable bonds is 9. The summed E-state index contributed by atoms with van der Waals surface area (Å²) in [5.41, 5.74) is -0.512. The molecular weight excluding hydrogens is 579 g/mol. The highest BCUT2D eigenvalue weighted by atomic mass is 79.9. The van der Waals surface area contributed by atoms with E-state index in [1.165, 1.54) is 33.5 Å². The number of aromatic nitrogens is 6. The number of methoxy groups -OCH3 is 2. The third kappa shape index (κ3) is 5.25. The van der Waals surface area contributed by atoms with Crippen LogP contribution in [-0.2, 0) is 21.3 Å². The summed E-state index contributed by atoms with van der Waals surface area (Å²) >= 11 is 3.20. The fourth-order valence-corrected chi connectivity index (χ4v) is 5.73. The summed E-state index contributed by atoms with van der Waals surface area (Å²) in [6, 6.07) is 7.01. The molecule has 4 rings (SSSR count). The van der Waals surface area contributed by atoms with Gasteiger partial charge in [-0.15, -0.1) is 10.2 Å². The molecule has 3 heterocycles. The van der Waals surface area contributed by atoms with Crippen molar-refractivity contribution in [3.05, 3.63) is 70.7 Å². The number of benzene rings is 1. The van der Waals surface area contributed by atoms with Gasteiger partial charge in [-0.2, -0.15) is 0 Å². The van der Waals surface area contributed by atoms with E-state index in [1.54, 1.807) is 35.2 Å². The van der Waals surface area contributed by atoms with Gasteiger partial charge in [0.15, 0.2) is 33.0 Å². The number of hydrogen-bond acceptors (Lipinski definition) is 9. The second kappa shape index (κ2) is 10.7. The molecule has 0 bridgehead atoms. The van der Waals surface area contributed by atoms with Crippen molar-refractivity contribution in [1.29, 1.82) is 0 Å². The number of hydrogen-bond donors (Lipinski definition) is 0. The molecule has 0 saturated carbocycles. The molecule has 0 unspecified atom stereocenters. The zero-order valence-corrected chi connectivity index (χ0v) is 23.8. The Labute approximate surface area is 228 Å². The lowest BCUT2D eigenvalue weighted by atomic mass is 10.0. The molecular formula is C25H26BrFN6O4S. The number of halogens is 2. The van der Waals surface area contributed by atoms with Crippen molar-refractivity contribution < 1.29 is 22.3 Å². The molecule has 200 valence electrons. The molecule has 0 N–H and O–H groups in total. The van der Waals surface area contributed by atoms with E-state index < -0.39 is 26.5 Å². The minimum absolute atomic E-state index is 0.0451. The van der Waals surface area contributed by atoms with Gasteiger partial charge in [0.2, 0.25) is 0 Å². The first-order chi connectivity index (χ1) is 18.0. The molecule has 38 heavy (non-hydrogen) atoms. The van der Waals surface area contributed by atoms with Crippen LogP contribution in [-0.4, -0.2) is 57.6 Å². The Bertz CT molecular complexity index is 1540. The van der Waals surface area contributed by atoms with Crippen LogP contribution >= 0.6 is 15.9 Å². The molecule has 1 aromatic carbocycles. The van der Waals surface area contributed by atoms with Gasteiger partial charge in [0.1, 0.15) is 28.2 Å². The molecule has 0 aliphatic rings. The Balaban J connectivity index is 1.86. The number of para-hydroxylation sites is 1. The molecule has 3 aromatic heterocycles. The van der Waals surface area contributed by atoms with E-state index in [4.69, 9.17) is 9.47 Å². The van der Waals surface area contributed by atoms with E-state index in [2.05, 4.69) is 41.1 Å². The minimum Gasteiger partial charge on any atom is -0.494 e. The highest BCUT2D eigenvalue weighted by Gasteiger charge is 2.44. The van der Waals surface area contributed by atoms with Crippen LogP contribution in [0.5, 0.6) is 11.5 Å². The summed E-state index contributed by atoms with van der Waals surface area (Å²) in [5, 5.41) is 7.01. The molecule has 4 aromatic rings. The topological polar surface area (TPSA) is 122 Å². The normalized spacial score (nSPS) is 14.1. The largest absolute Gasteiger partial charge is 0.494 e. The molecule has 0 spiro atoms.